The van der Waals surface area contributed by atoms with Gasteiger partial charge in [0.05, 0.1) is 37.6 Å². The molecule has 0 aliphatic carbocycles. The van der Waals surface area contributed by atoms with Crippen LogP contribution in [0, 0.1) is 13.1 Å². The van der Waals surface area contributed by atoms with Crippen LogP contribution >= 0.6 is 23.2 Å². The molecule has 0 saturated carbocycles. The van der Waals surface area contributed by atoms with Crippen LogP contribution in [0.1, 0.15) is 75.3 Å². The predicted molar refractivity (Wildman–Crippen MR) is 193 cm³/mol. The first-order valence-electron chi connectivity index (χ1n) is 15.5. The Balaban J connectivity index is 0.000000219. The molecule has 1 unspecified atom stereocenters. The van der Waals surface area contributed by atoms with Crippen molar-refractivity contribution in [3.8, 4) is 0 Å². The molecule has 48 heavy (non-hydrogen) atoms. The van der Waals surface area contributed by atoms with Crippen LogP contribution in [0.15, 0.2) is 66.7 Å². The van der Waals surface area contributed by atoms with Crippen molar-refractivity contribution in [1.29, 1.82) is 0 Å². The van der Waals surface area contributed by atoms with Gasteiger partial charge in [0.15, 0.2) is 16.9 Å². The second kappa shape index (κ2) is 17.8. The van der Waals surface area contributed by atoms with Crippen LogP contribution in [0.4, 0.5) is 16.2 Å². The highest BCUT2D eigenvalue weighted by Gasteiger charge is 2.43. The average molecular weight is 694 g/mol. The zero-order valence-electron chi connectivity index (χ0n) is 25.9. The zero-order chi connectivity index (χ0) is 32.6. The predicted octanol–water partition coefficient (Wildman–Crippen LogP) is 9.82. The van der Waals surface area contributed by atoms with E-state index >= 15 is 0 Å². The highest BCUT2D eigenvalue weighted by Crippen LogP contribution is 2.46. The summed E-state index contributed by atoms with van der Waals surface area (Å²) in [7, 11) is 0. The summed E-state index contributed by atoms with van der Waals surface area (Å²) >= 11 is 9.87. The van der Waals surface area contributed by atoms with Crippen LogP contribution in [-0.2, 0) is 45.2 Å². The van der Waals surface area contributed by atoms with Gasteiger partial charge in [0.1, 0.15) is 0 Å². The second-order valence-electron chi connectivity index (χ2n) is 11.9. The molecule has 4 heterocycles. The highest BCUT2D eigenvalue weighted by atomic mass is 35.5. The molecule has 10 heteroatoms. The summed E-state index contributed by atoms with van der Waals surface area (Å²) in [5.41, 5.74) is 6.13. The topological polar surface area (TPSA) is 68.8 Å². The van der Waals surface area contributed by atoms with E-state index in [0.29, 0.717) is 24.6 Å². The number of hydrogen-bond donors (Lipinski definition) is 1. The van der Waals surface area contributed by atoms with Gasteiger partial charge in [-0.15, -0.1) is 0 Å². The Labute approximate surface area is 295 Å². The Hall–Kier alpha value is -3.47. The number of fused-ring (bicyclic) bond motifs is 4. The van der Waals surface area contributed by atoms with Crippen LogP contribution in [0.2, 0.25) is 0 Å². The number of likely N-dealkylation sites (tertiary alicyclic amines) is 1. The minimum atomic E-state index is -0.873. The number of nitrogens with one attached hydrogen (secondary N) is 1. The molecule has 4 aliphatic heterocycles. The van der Waals surface area contributed by atoms with Gasteiger partial charge in [0.2, 0.25) is 0 Å². The molecule has 0 radical (unpaired) electrons. The number of benzene rings is 3. The minimum Gasteiger partial charge on any atom is -0.434 e. The molecule has 2 fully saturated rings. The van der Waals surface area contributed by atoms with Gasteiger partial charge in [-0.2, -0.15) is 0 Å². The van der Waals surface area contributed by atoms with Crippen molar-refractivity contribution in [3.05, 3.63) is 117 Å². The van der Waals surface area contributed by atoms with E-state index < -0.39 is 11.0 Å². The first-order chi connectivity index (χ1) is 22.3. The molecule has 3 aromatic carbocycles. The number of halogens is 2. The number of ether oxygens (including phenoxy) is 3. The lowest BCUT2D eigenvalue weighted by molar-refractivity contribution is -0.0799. The van der Waals surface area contributed by atoms with Crippen LogP contribution in [0.25, 0.3) is 9.69 Å². The Morgan fingerprint density at radius 3 is 1.81 bits per heavy atom. The SMILES string of the molecule is C.C.CC(Cl)OC(=O)Cl.[C-]#[N+]c1ccc2c(c1)COC21CCN(Cc2ccccc2)CC1.[C-]#[N+]c1ccc2c(c1)COC21CCNCC1. The molecule has 4 aliphatic rings. The fourth-order valence-corrected chi connectivity index (χ4v) is 6.97. The summed E-state index contributed by atoms with van der Waals surface area (Å²) in [5.74, 6) is 0. The molecule has 8 nitrogen and oxygen atoms in total. The monoisotopic (exact) mass is 692 g/mol. The second-order valence-corrected chi connectivity index (χ2v) is 12.8. The Morgan fingerprint density at radius 2 is 1.38 bits per heavy atom. The lowest BCUT2D eigenvalue weighted by Gasteiger charge is -2.39. The van der Waals surface area contributed by atoms with Crippen molar-refractivity contribution in [3.63, 3.8) is 0 Å². The van der Waals surface area contributed by atoms with Gasteiger partial charge in [-0.3, -0.25) is 4.90 Å². The van der Waals surface area contributed by atoms with Gasteiger partial charge in [-0.05, 0) is 73.5 Å². The molecule has 7 rings (SSSR count). The molecule has 2 spiro atoms. The van der Waals surface area contributed by atoms with Gasteiger partial charge in [0, 0.05) is 31.2 Å². The van der Waals surface area contributed by atoms with Gasteiger partial charge < -0.3 is 19.5 Å². The molecule has 1 atom stereocenters. The van der Waals surface area contributed by atoms with E-state index in [1.165, 1.54) is 34.7 Å². The summed E-state index contributed by atoms with van der Waals surface area (Å²) in [6.07, 6.45) is 4.14. The third-order valence-electron chi connectivity index (χ3n) is 9.00. The van der Waals surface area contributed by atoms with Crippen LogP contribution < -0.4 is 5.32 Å². The van der Waals surface area contributed by atoms with Gasteiger partial charge in [-0.1, -0.05) is 93.2 Å². The molecule has 2 saturated heterocycles. The van der Waals surface area contributed by atoms with E-state index in [1.54, 1.807) is 0 Å². The molecule has 3 aromatic rings. The molecular weight excluding hydrogens is 647 g/mol. The highest BCUT2D eigenvalue weighted by molar-refractivity contribution is 6.61. The summed E-state index contributed by atoms with van der Waals surface area (Å²) in [5, 5.41) is 3.36. The minimum absolute atomic E-state index is 0. The molecular formula is C38H46Cl2N4O4. The fraction of sp³-hybridized carbons (Fsp3) is 0.447. The Bertz CT molecular complexity index is 1590. The lowest BCUT2D eigenvalue weighted by atomic mass is 9.83. The van der Waals surface area contributed by atoms with Gasteiger partial charge in [0.25, 0.3) is 0 Å². The van der Waals surface area contributed by atoms with Crippen molar-refractivity contribution < 1.29 is 19.0 Å². The van der Waals surface area contributed by atoms with Gasteiger partial charge in [-0.25, -0.2) is 14.5 Å². The van der Waals surface area contributed by atoms with E-state index in [1.807, 2.05) is 24.3 Å². The summed E-state index contributed by atoms with van der Waals surface area (Å²) in [6.45, 7) is 22.1. The molecule has 1 N–H and O–H groups in total. The molecule has 256 valence electrons. The van der Waals surface area contributed by atoms with Crippen molar-refractivity contribution in [2.24, 2.45) is 0 Å². The Morgan fingerprint density at radius 1 is 0.875 bits per heavy atom. The number of piperidine rings is 2. The maximum absolute atomic E-state index is 9.71. The van der Waals surface area contributed by atoms with E-state index in [9.17, 15) is 4.79 Å². The third-order valence-corrected chi connectivity index (χ3v) is 9.18. The number of carbonyl (C=O) groups excluding carboxylic acids is 1. The number of hydrogen-bond acceptors (Lipinski definition) is 6. The molecule has 0 amide bonds. The van der Waals surface area contributed by atoms with Crippen LogP contribution in [0.3, 0.4) is 0 Å². The largest absolute Gasteiger partial charge is 0.434 e. The number of nitrogens with zero attached hydrogens (tertiary/aromatic N) is 3. The van der Waals surface area contributed by atoms with Crippen LogP contribution in [-0.4, -0.2) is 42.1 Å². The number of alkyl halides is 1. The van der Waals surface area contributed by atoms with Crippen molar-refractivity contribution in [1.82, 2.24) is 10.2 Å². The zero-order valence-corrected chi connectivity index (χ0v) is 27.4. The maximum atomic E-state index is 9.71. The van der Waals surface area contributed by atoms with E-state index in [2.05, 4.69) is 67.1 Å². The maximum Gasteiger partial charge on any atom is 0.405 e. The number of rotatable bonds is 3. The summed E-state index contributed by atoms with van der Waals surface area (Å²) in [4.78, 5) is 19.2. The van der Waals surface area contributed by atoms with Gasteiger partial charge >= 0.3 is 5.43 Å². The van der Waals surface area contributed by atoms with E-state index in [-0.39, 0.29) is 26.1 Å². The van der Waals surface area contributed by atoms with Crippen LogP contribution in [0.5, 0.6) is 0 Å². The molecule has 0 bridgehead atoms. The normalized spacial score (nSPS) is 18.4. The van der Waals surface area contributed by atoms with E-state index in [4.69, 9.17) is 45.8 Å². The van der Waals surface area contributed by atoms with E-state index in [0.717, 1.165) is 58.4 Å². The first kappa shape index (κ1) is 39.0. The van der Waals surface area contributed by atoms with Crippen molar-refractivity contribution >= 4 is 40.0 Å². The third kappa shape index (κ3) is 9.36. The quantitative estimate of drug-likeness (QED) is 0.167. The van der Waals surface area contributed by atoms with Crippen molar-refractivity contribution in [2.75, 3.05) is 26.2 Å². The summed E-state index contributed by atoms with van der Waals surface area (Å²) in [6, 6.07) is 22.7. The smallest absolute Gasteiger partial charge is 0.405 e. The first-order valence-corrected chi connectivity index (χ1v) is 16.3. The standard InChI is InChI=1S/C20H20N2O.C13H14N2O.C3H4Cl2O2.2CH4/c1-21-18-7-8-19-17(13-18)15-23-20(19)9-11-22(12-10-20)14-16-5-3-2-4-6-16;1-14-11-2-3-12-10(8-11)9-16-13(12)4-6-15-7-5-13;1-2(4)7-3(5)6;;/h2-8,13H,9-12,14-15H2;2-3,8,15H,4-7,9H2;2H,1H3;2*1H4. The fourth-order valence-electron chi connectivity index (χ4n) is 6.71. The average Bonchev–Trinajstić information content (AvgIpc) is 3.60. The van der Waals surface area contributed by atoms with Crippen molar-refractivity contribution in [2.45, 2.75) is 84.0 Å². The molecule has 0 aromatic heterocycles. The summed E-state index contributed by atoms with van der Waals surface area (Å²) < 4.78 is 16.4. The lowest BCUT2D eigenvalue weighted by Crippen LogP contribution is -2.42. The number of carbonyl (C=O) groups is 1. The Kier molecular flexibility index (Phi) is 14.4.